The number of phenols is 1. The number of hydrogen-bond acceptors (Lipinski definition) is 6. The summed E-state index contributed by atoms with van der Waals surface area (Å²) in [5.41, 5.74) is 0.928. The van der Waals surface area contributed by atoms with E-state index < -0.39 is 12.6 Å². The zero-order valence-corrected chi connectivity index (χ0v) is 14.8. The van der Waals surface area contributed by atoms with Crippen molar-refractivity contribution in [2.75, 3.05) is 13.7 Å². The smallest absolute Gasteiger partial charge is 0.185 e. The second-order valence-corrected chi connectivity index (χ2v) is 5.79. The lowest BCUT2D eigenvalue weighted by molar-refractivity contribution is -0.307. The standard InChI is InChI=1S/C18H15BrO6/c1-24-17-9-14(19)11(8-16(17)21)5-6-15(20)12-3-2-4-13(7-12)25-10-18(22)23/h2-9,21H,10H2,1H3,(H,22,23)/p-1/b6-5+. The number of methoxy groups -OCH3 is 1. The molecule has 25 heavy (non-hydrogen) atoms. The molecule has 2 rings (SSSR count). The highest BCUT2D eigenvalue weighted by Crippen LogP contribution is 2.33. The molecule has 0 aliphatic heterocycles. The number of aliphatic carboxylic acids is 1. The fourth-order valence-corrected chi connectivity index (χ4v) is 2.45. The van der Waals surface area contributed by atoms with Crippen LogP contribution in [-0.4, -0.2) is 30.6 Å². The van der Waals surface area contributed by atoms with Gasteiger partial charge in [-0.3, -0.25) is 4.79 Å². The molecule has 0 unspecified atom stereocenters. The summed E-state index contributed by atoms with van der Waals surface area (Å²) in [5.74, 6) is -1.13. The van der Waals surface area contributed by atoms with Crippen LogP contribution in [0, 0.1) is 0 Å². The first-order valence-corrected chi connectivity index (χ1v) is 7.91. The Morgan fingerprint density at radius 1 is 1.28 bits per heavy atom. The van der Waals surface area contributed by atoms with Gasteiger partial charge < -0.3 is 24.5 Å². The van der Waals surface area contributed by atoms with Crippen molar-refractivity contribution >= 4 is 33.8 Å². The molecule has 7 heteroatoms. The van der Waals surface area contributed by atoms with Crippen molar-refractivity contribution < 1.29 is 29.3 Å². The summed E-state index contributed by atoms with van der Waals surface area (Å²) < 4.78 is 10.6. The molecule has 0 atom stereocenters. The van der Waals surface area contributed by atoms with Gasteiger partial charge in [0.25, 0.3) is 0 Å². The lowest BCUT2D eigenvalue weighted by Gasteiger charge is -2.07. The number of carboxylic acid groups (broad SMARTS) is 1. The van der Waals surface area contributed by atoms with E-state index >= 15 is 0 Å². The van der Waals surface area contributed by atoms with E-state index in [1.54, 1.807) is 30.3 Å². The number of ether oxygens (including phenoxy) is 2. The Morgan fingerprint density at radius 2 is 2.04 bits per heavy atom. The van der Waals surface area contributed by atoms with Crippen molar-refractivity contribution in [2.24, 2.45) is 0 Å². The summed E-state index contributed by atoms with van der Waals surface area (Å²) in [6.45, 7) is -0.592. The van der Waals surface area contributed by atoms with E-state index in [2.05, 4.69) is 15.9 Å². The minimum Gasteiger partial charge on any atom is -0.546 e. The van der Waals surface area contributed by atoms with Crippen LogP contribution in [0.25, 0.3) is 6.08 Å². The third kappa shape index (κ3) is 5.09. The third-order valence-corrected chi connectivity index (χ3v) is 3.87. The van der Waals surface area contributed by atoms with Crippen LogP contribution in [0.5, 0.6) is 17.2 Å². The Hall–Kier alpha value is -2.80. The van der Waals surface area contributed by atoms with Crippen molar-refractivity contribution in [2.45, 2.75) is 0 Å². The molecule has 0 saturated carbocycles. The fourth-order valence-electron chi connectivity index (χ4n) is 1.99. The zero-order valence-electron chi connectivity index (χ0n) is 13.2. The molecular formula is C18H14BrO6-. The van der Waals surface area contributed by atoms with Gasteiger partial charge in [0.15, 0.2) is 17.3 Å². The zero-order chi connectivity index (χ0) is 18.4. The first kappa shape index (κ1) is 18.5. The fraction of sp³-hybridized carbons (Fsp3) is 0.111. The van der Waals surface area contributed by atoms with Gasteiger partial charge in [0.2, 0.25) is 0 Å². The van der Waals surface area contributed by atoms with Crippen LogP contribution in [0.3, 0.4) is 0 Å². The number of halogens is 1. The van der Waals surface area contributed by atoms with Crippen LogP contribution in [0.4, 0.5) is 0 Å². The molecule has 0 aromatic heterocycles. The van der Waals surface area contributed by atoms with Crippen molar-refractivity contribution in [3.05, 3.63) is 58.1 Å². The average Bonchev–Trinajstić information content (AvgIpc) is 2.60. The molecule has 0 bridgehead atoms. The van der Waals surface area contributed by atoms with Crippen LogP contribution >= 0.6 is 15.9 Å². The molecule has 130 valence electrons. The minimum atomic E-state index is -1.35. The maximum absolute atomic E-state index is 12.3. The Balaban J connectivity index is 2.16. The second kappa shape index (κ2) is 8.34. The Bertz CT molecular complexity index is 828. The minimum absolute atomic E-state index is 0.0459. The van der Waals surface area contributed by atoms with E-state index in [0.717, 1.165) is 0 Å². The summed E-state index contributed by atoms with van der Waals surface area (Å²) in [6.07, 6.45) is 2.88. The molecule has 0 aliphatic rings. The Kier molecular flexibility index (Phi) is 6.19. The van der Waals surface area contributed by atoms with Gasteiger partial charge in [-0.05, 0) is 42.0 Å². The van der Waals surface area contributed by atoms with Crippen molar-refractivity contribution in [1.29, 1.82) is 0 Å². The highest BCUT2D eigenvalue weighted by atomic mass is 79.9. The van der Waals surface area contributed by atoms with Gasteiger partial charge >= 0.3 is 0 Å². The van der Waals surface area contributed by atoms with Crippen molar-refractivity contribution in [3.63, 3.8) is 0 Å². The molecule has 2 aromatic carbocycles. The molecule has 6 nitrogen and oxygen atoms in total. The second-order valence-electron chi connectivity index (χ2n) is 4.93. The molecule has 1 N–H and O–H groups in total. The van der Waals surface area contributed by atoms with E-state index in [1.807, 2.05) is 0 Å². The molecule has 0 aliphatic carbocycles. The van der Waals surface area contributed by atoms with Gasteiger partial charge in [0.1, 0.15) is 12.4 Å². The summed E-state index contributed by atoms with van der Waals surface area (Å²) in [5, 5.41) is 20.2. The quantitative estimate of drug-likeness (QED) is 0.560. The molecule has 0 spiro atoms. The molecule has 0 heterocycles. The van der Waals surface area contributed by atoms with Gasteiger partial charge in [0.05, 0.1) is 13.1 Å². The summed E-state index contributed by atoms with van der Waals surface area (Å²) in [6, 6.07) is 9.21. The summed E-state index contributed by atoms with van der Waals surface area (Å²) >= 11 is 3.34. The SMILES string of the molecule is COc1cc(Br)c(/C=C/C(=O)c2cccc(OCC(=O)[O-])c2)cc1O. The maximum Gasteiger partial charge on any atom is 0.185 e. The van der Waals surface area contributed by atoms with E-state index in [1.165, 1.54) is 25.3 Å². The highest BCUT2D eigenvalue weighted by Gasteiger charge is 2.08. The largest absolute Gasteiger partial charge is 0.546 e. The van der Waals surface area contributed by atoms with Gasteiger partial charge in [-0.2, -0.15) is 0 Å². The molecule has 2 aromatic rings. The number of hydrogen-bond donors (Lipinski definition) is 1. The predicted molar refractivity (Wildman–Crippen MR) is 92.7 cm³/mol. The average molecular weight is 406 g/mol. The number of ketones is 1. The molecule has 0 fully saturated rings. The van der Waals surface area contributed by atoms with Crippen molar-refractivity contribution in [1.82, 2.24) is 0 Å². The lowest BCUT2D eigenvalue weighted by atomic mass is 10.1. The van der Waals surface area contributed by atoms with Crippen LogP contribution in [0.15, 0.2) is 46.9 Å². The van der Waals surface area contributed by atoms with E-state index in [9.17, 15) is 19.8 Å². The predicted octanol–water partition coefficient (Wildman–Crippen LogP) is 2.19. The van der Waals surface area contributed by atoms with Gasteiger partial charge in [-0.15, -0.1) is 0 Å². The first-order valence-electron chi connectivity index (χ1n) is 7.12. The monoisotopic (exact) mass is 405 g/mol. The number of allylic oxidation sites excluding steroid dienone is 1. The first-order chi connectivity index (χ1) is 11.9. The summed E-state index contributed by atoms with van der Waals surface area (Å²) in [4.78, 5) is 22.7. The van der Waals surface area contributed by atoms with Gasteiger partial charge in [0, 0.05) is 10.0 Å². The Morgan fingerprint density at radius 3 is 2.72 bits per heavy atom. The number of carbonyl (C=O) groups excluding carboxylic acids is 2. The summed E-state index contributed by atoms with van der Waals surface area (Å²) in [7, 11) is 1.44. The number of carbonyl (C=O) groups is 2. The maximum atomic E-state index is 12.3. The number of benzene rings is 2. The van der Waals surface area contributed by atoms with Crippen LogP contribution in [-0.2, 0) is 4.79 Å². The van der Waals surface area contributed by atoms with E-state index in [-0.39, 0.29) is 17.3 Å². The molecule has 0 saturated heterocycles. The third-order valence-electron chi connectivity index (χ3n) is 3.19. The number of carboxylic acids is 1. The van der Waals surface area contributed by atoms with Crippen LogP contribution in [0.2, 0.25) is 0 Å². The number of aromatic hydroxyl groups is 1. The van der Waals surface area contributed by atoms with E-state index in [0.29, 0.717) is 21.3 Å². The highest BCUT2D eigenvalue weighted by molar-refractivity contribution is 9.10. The normalized spacial score (nSPS) is 10.6. The van der Waals surface area contributed by atoms with Crippen molar-refractivity contribution in [3.8, 4) is 17.2 Å². The molecule has 0 amide bonds. The van der Waals surface area contributed by atoms with Crippen LogP contribution in [0.1, 0.15) is 15.9 Å². The number of phenolic OH excluding ortho intramolecular Hbond substituents is 1. The van der Waals surface area contributed by atoms with Gasteiger partial charge in [-0.25, -0.2) is 0 Å². The molecular weight excluding hydrogens is 392 g/mol. The molecule has 0 radical (unpaired) electrons. The Labute approximate surface area is 152 Å². The van der Waals surface area contributed by atoms with Crippen LogP contribution < -0.4 is 14.6 Å². The number of rotatable bonds is 7. The van der Waals surface area contributed by atoms with E-state index in [4.69, 9.17) is 9.47 Å². The topological polar surface area (TPSA) is 95.9 Å². The lowest BCUT2D eigenvalue weighted by Crippen LogP contribution is -2.28. The van der Waals surface area contributed by atoms with Gasteiger partial charge in [-0.1, -0.05) is 28.1 Å².